The molecule has 8 heteroatoms. The molecule has 2 unspecified atom stereocenters. The van der Waals surface area contributed by atoms with E-state index in [-0.39, 0.29) is 6.61 Å². The van der Waals surface area contributed by atoms with Crippen molar-refractivity contribution in [2.75, 3.05) is 40.5 Å². The van der Waals surface area contributed by atoms with E-state index in [1.54, 1.807) is 0 Å². The lowest BCUT2D eigenvalue weighted by molar-refractivity contribution is -0.135. The second-order valence-corrected chi connectivity index (χ2v) is 12.3. The summed E-state index contributed by atoms with van der Waals surface area (Å²) in [6.45, 7) is 4.72. The number of benzene rings is 1. The Morgan fingerprint density at radius 3 is 1.90 bits per heavy atom. The van der Waals surface area contributed by atoms with Crippen LogP contribution in [0.2, 0.25) is 0 Å². The topological polar surface area (TPSA) is 77.5 Å². The Balaban J connectivity index is 2.14. The van der Waals surface area contributed by atoms with Gasteiger partial charge in [-0.05, 0) is 45.1 Å². The van der Waals surface area contributed by atoms with Gasteiger partial charge in [0.1, 0.15) is 11.9 Å². The summed E-state index contributed by atoms with van der Waals surface area (Å²) in [5.74, 6) is 0.805. The average Bonchev–Trinajstić information content (AvgIpc) is 2.96. The number of carbonyl (C=O) groups excluding carboxylic acids is 1. The largest absolute Gasteiger partial charge is 0.493 e. The lowest BCUT2D eigenvalue weighted by atomic mass is 10.0. The molecular formula is C33H60NO6P. The van der Waals surface area contributed by atoms with Crippen LogP contribution in [0.15, 0.2) is 24.3 Å². The molecule has 0 saturated heterocycles. The summed E-state index contributed by atoms with van der Waals surface area (Å²) in [5, 5.41) is 0. The highest BCUT2D eigenvalue weighted by molar-refractivity contribution is 7.40. The molecular weight excluding hydrogens is 537 g/mol. The molecule has 1 rings (SSSR count). The van der Waals surface area contributed by atoms with Gasteiger partial charge in [-0.3, -0.25) is 4.79 Å². The average molecular weight is 598 g/mol. The van der Waals surface area contributed by atoms with Crippen molar-refractivity contribution in [1.29, 1.82) is 0 Å². The molecule has 0 aromatic heterocycles. The van der Waals surface area contributed by atoms with Gasteiger partial charge in [0.05, 0.1) is 19.8 Å². The first-order valence-corrected chi connectivity index (χ1v) is 17.4. The van der Waals surface area contributed by atoms with Crippen LogP contribution < -0.4 is 4.74 Å². The molecule has 0 radical (unpaired) electrons. The Kier molecular flexibility index (Phi) is 25.4. The van der Waals surface area contributed by atoms with Crippen molar-refractivity contribution in [2.45, 2.75) is 129 Å². The van der Waals surface area contributed by atoms with E-state index in [2.05, 4.69) is 11.8 Å². The molecule has 0 aliphatic rings. The molecule has 1 aromatic rings. The molecule has 0 saturated carbocycles. The van der Waals surface area contributed by atoms with Gasteiger partial charge in [-0.1, -0.05) is 121 Å². The molecule has 1 N–H and O–H groups in total. The van der Waals surface area contributed by atoms with Crippen LogP contribution in [0.3, 0.4) is 0 Å². The third kappa shape index (κ3) is 23.0. The summed E-state index contributed by atoms with van der Waals surface area (Å²) >= 11 is 0. The number of nitrogens with zero attached hydrogens (tertiary/aromatic N) is 1. The fraction of sp³-hybridized carbons (Fsp3) is 0.788. The Morgan fingerprint density at radius 1 is 0.780 bits per heavy atom. The molecule has 0 fully saturated rings. The normalized spacial score (nSPS) is 12.9. The first-order valence-electron chi connectivity index (χ1n) is 16.3. The molecule has 0 spiro atoms. The second-order valence-electron chi connectivity index (χ2n) is 11.3. The van der Waals surface area contributed by atoms with E-state index in [9.17, 15) is 9.69 Å². The van der Waals surface area contributed by atoms with Crippen molar-refractivity contribution in [3.63, 3.8) is 0 Å². The summed E-state index contributed by atoms with van der Waals surface area (Å²) in [6.07, 6.45) is 22.3. The highest BCUT2D eigenvalue weighted by Crippen LogP contribution is 2.33. The second kappa shape index (κ2) is 27.6. The van der Waals surface area contributed by atoms with Gasteiger partial charge in [-0.2, -0.15) is 0 Å². The predicted octanol–water partition coefficient (Wildman–Crippen LogP) is 8.62. The monoisotopic (exact) mass is 597 g/mol. The van der Waals surface area contributed by atoms with Gasteiger partial charge in [0.25, 0.3) is 6.47 Å². The van der Waals surface area contributed by atoms with Crippen molar-refractivity contribution < 1.29 is 28.2 Å². The van der Waals surface area contributed by atoms with E-state index in [0.29, 0.717) is 26.1 Å². The van der Waals surface area contributed by atoms with Crippen LogP contribution >= 0.6 is 8.60 Å². The Labute approximate surface area is 252 Å². The Bertz CT molecular complexity index is 723. The minimum atomic E-state index is -2.01. The van der Waals surface area contributed by atoms with Crippen molar-refractivity contribution in [2.24, 2.45) is 0 Å². The zero-order chi connectivity index (χ0) is 29.8. The van der Waals surface area contributed by atoms with Gasteiger partial charge in [-0.15, -0.1) is 0 Å². The maximum absolute atomic E-state index is 11.1. The zero-order valence-corrected chi connectivity index (χ0v) is 27.3. The lowest BCUT2D eigenvalue weighted by Gasteiger charge is -2.19. The predicted molar refractivity (Wildman–Crippen MR) is 170 cm³/mol. The Morgan fingerprint density at radius 2 is 1.34 bits per heavy atom. The summed E-state index contributed by atoms with van der Waals surface area (Å²) < 4.78 is 22.1. The van der Waals surface area contributed by atoms with Gasteiger partial charge >= 0.3 is 8.60 Å². The zero-order valence-electron chi connectivity index (χ0n) is 26.4. The SMILES string of the molecule is CCCCCCCCCCCCCCCCCCOc1ccccc1CC(COP(O)OCCCN(C)C)OC=O. The van der Waals surface area contributed by atoms with E-state index in [0.717, 1.165) is 30.7 Å². The number of rotatable bonds is 30. The molecule has 0 amide bonds. The molecule has 1 aromatic carbocycles. The van der Waals surface area contributed by atoms with Crippen LogP contribution in [-0.2, 0) is 25.0 Å². The smallest absolute Gasteiger partial charge is 0.329 e. The maximum atomic E-state index is 11.1. The van der Waals surface area contributed by atoms with Gasteiger partial charge < -0.3 is 28.3 Å². The molecule has 0 aliphatic heterocycles. The van der Waals surface area contributed by atoms with Crippen molar-refractivity contribution in [1.82, 2.24) is 4.90 Å². The van der Waals surface area contributed by atoms with Gasteiger partial charge in [-0.25, -0.2) is 0 Å². The van der Waals surface area contributed by atoms with E-state index in [1.807, 2.05) is 38.4 Å². The first-order chi connectivity index (χ1) is 20.1. The summed E-state index contributed by atoms with van der Waals surface area (Å²) in [6, 6.07) is 7.83. The molecule has 2 atom stereocenters. The first kappa shape index (κ1) is 37.8. The van der Waals surface area contributed by atoms with E-state index in [4.69, 9.17) is 18.5 Å². The van der Waals surface area contributed by atoms with Crippen molar-refractivity contribution in [3.05, 3.63) is 29.8 Å². The fourth-order valence-corrected chi connectivity index (χ4v) is 5.48. The summed E-state index contributed by atoms with van der Waals surface area (Å²) in [7, 11) is 1.97. The maximum Gasteiger partial charge on any atom is 0.329 e. The van der Waals surface area contributed by atoms with Gasteiger partial charge in [0.15, 0.2) is 0 Å². The molecule has 0 heterocycles. The lowest BCUT2D eigenvalue weighted by Crippen LogP contribution is -2.22. The minimum absolute atomic E-state index is 0.0576. The van der Waals surface area contributed by atoms with Crippen molar-refractivity contribution in [3.8, 4) is 5.75 Å². The van der Waals surface area contributed by atoms with Crippen LogP contribution in [0.1, 0.15) is 122 Å². The van der Waals surface area contributed by atoms with Crippen LogP contribution in [-0.4, -0.2) is 62.8 Å². The van der Waals surface area contributed by atoms with Crippen LogP contribution in [0.25, 0.3) is 0 Å². The highest BCUT2D eigenvalue weighted by Gasteiger charge is 2.17. The van der Waals surface area contributed by atoms with Crippen LogP contribution in [0.4, 0.5) is 0 Å². The molecule has 0 aliphatic carbocycles. The third-order valence-electron chi connectivity index (χ3n) is 7.25. The summed E-state index contributed by atoms with van der Waals surface area (Å²) in [4.78, 5) is 23.1. The van der Waals surface area contributed by atoms with E-state index in [1.165, 1.54) is 96.3 Å². The molecule has 0 bridgehead atoms. The highest BCUT2D eigenvalue weighted by atomic mass is 31.2. The standard InChI is InChI=1S/C33H60NO6P/c1-4-5-6-7-8-9-10-11-12-13-14-15-16-17-18-21-26-37-33-24-20-19-23-31(33)28-32(38-30-35)29-40-41(36)39-27-22-25-34(2)3/h19-20,23-24,30,32,36H,4-18,21-22,25-29H2,1-3H3. The van der Waals surface area contributed by atoms with Gasteiger partial charge in [0.2, 0.25) is 0 Å². The third-order valence-corrected chi connectivity index (χ3v) is 8.02. The van der Waals surface area contributed by atoms with Gasteiger partial charge in [0, 0.05) is 6.42 Å². The quantitative estimate of drug-likeness (QED) is 0.0540. The van der Waals surface area contributed by atoms with Crippen molar-refractivity contribution >= 4 is 15.1 Å². The Hall–Kier alpha value is -1.24. The number of hydrogen-bond donors (Lipinski definition) is 1. The number of ether oxygens (including phenoxy) is 2. The van der Waals surface area contributed by atoms with Crippen LogP contribution in [0, 0.1) is 0 Å². The summed E-state index contributed by atoms with van der Waals surface area (Å²) in [5.41, 5.74) is 0.952. The van der Waals surface area contributed by atoms with E-state index < -0.39 is 14.7 Å². The molecule has 238 valence electrons. The number of carbonyl (C=O) groups is 1. The number of para-hydroxylation sites is 1. The molecule has 7 nitrogen and oxygen atoms in total. The fourth-order valence-electron chi connectivity index (χ4n) is 4.82. The number of unbranched alkanes of at least 4 members (excludes halogenated alkanes) is 15. The minimum Gasteiger partial charge on any atom is -0.493 e. The van der Waals surface area contributed by atoms with E-state index >= 15 is 0 Å². The van der Waals surface area contributed by atoms with Crippen LogP contribution in [0.5, 0.6) is 5.75 Å². The molecule has 41 heavy (non-hydrogen) atoms. The number of hydrogen-bond acceptors (Lipinski definition) is 7.